The van der Waals surface area contributed by atoms with Gasteiger partial charge in [0.15, 0.2) is 0 Å². The number of ether oxygens (including phenoxy) is 1. The number of anilines is 2. The van der Waals surface area contributed by atoms with E-state index in [1.165, 1.54) is 12.1 Å². The van der Waals surface area contributed by atoms with Crippen molar-refractivity contribution in [3.8, 4) is 5.75 Å². The lowest BCUT2D eigenvalue weighted by Crippen LogP contribution is -2.18. The molecule has 3 aromatic carbocycles. The molecule has 0 spiro atoms. The number of para-hydroxylation sites is 1. The first-order valence-corrected chi connectivity index (χ1v) is 10.7. The maximum Gasteiger partial charge on any atom is 0.261 e. The fourth-order valence-corrected chi connectivity index (χ4v) is 3.79. The van der Waals surface area contributed by atoms with Crippen LogP contribution >= 0.6 is 0 Å². The standard InChI is InChI=1S/C23H22N2O4S/c1-3-15-29-19-8-6-7-18(16-19)24-23(26)21-9-4-5-10-22(21)25-30(27,28)20-13-11-17(2)12-14-20/h3-14,16,25H,1,15H2,2H3,(H,24,26). The summed E-state index contributed by atoms with van der Waals surface area (Å²) in [5.41, 5.74) is 1.87. The smallest absolute Gasteiger partial charge is 0.261 e. The second-order valence-electron chi connectivity index (χ2n) is 6.55. The van der Waals surface area contributed by atoms with E-state index in [1.807, 2.05) is 6.92 Å². The zero-order valence-electron chi connectivity index (χ0n) is 16.5. The summed E-state index contributed by atoms with van der Waals surface area (Å²) in [6, 6.07) is 19.8. The van der Waals surface area contributed by atoms with E-state index in [9.17, 15) is 13.2 Å². The Morgan fingerprint density at radius 1 is 1.03 bits per heavy atom. The molecule has 0 radical (unpaired) electrons. The fraction of sp³-hybridized carbons (Fsp3) is 0.0870. The van der Waals surface area contributed by atoms with Crippen LogP contribution in [0.4, 0.5) is 11.4 Å². The number of hydrogen-bond donors (Lipinski definition) is 2. The zero-order chi connectivity index (χ0) is 21.6. The van der Waals surface area contributed by atoms with Crippen molar-refractivity contribution in [2.45, 2.75) is 11.8 Å². The summed E-state index contributed by atoms with van der Waals surface area (Å²) in [5.74, 6) is 0.138. The van der Waals surface area contributed by atoms with Crippen molar-refractivity contribution >= 4 is 27.3 Å². The summed E-state index contributed by atoms with van der Waals surface area (Å²) in [4.78, 5) is 12.9. The van der Waals surface area contributed by atoms with Gasteiger partial charge < -0.3 is 10.1 Å². The average molecular weight is 423 g/mol. The number of carbonyl (C=O) groups is 1. The first kappa shape index (κ1) is 21.1. The van der Waals surface area contributed by atoms with Gasteiger partial charge in [-0.1, -0.05) is 48.6 Å². The van der Waals surface area contributed by atoms with Gasteiger partial charge in [0.05, 0.1) is 16.1 Å². The van der Waals surface area contributed by atoms with Crippen LogP contribution < -0.4 is 14.8 Å². The Balaban J connectivity index is 1.82. The van der Waals surface area contributed by atoms with Crippen LogP contribution in [0.25, 0.3) is 0 Å². The summed E-state index contributed by atoms with van der Waals surface area (Å²) in [6.07, 6.45) is 1.63. The lowest BCUT2D eigenvalue weighted by molar-refractivity contribution is 0.102. The van der Waals surface area contributed by atoms with E-state index in [1.54, 1.807) is 66.7 Å². The van der Waals surface area contributed by atoms with Crippen LogP contribution in [0.15, 0.2) is 90.3 Å². The molecule has 0 heterocycles. The van der Waals surface area contributed by atoms with Crippen molar-refractivity contribution < 1.29 is 17.9 Å². The molecule has 0 aliphatic carbocycles. The predicted octanol–water partition coefficient (Wildman–Crippen LogP) is 4.61. The third-order valence-electron chi connectivity index (χ3n) is 4.21. The van der Waals surface area contributed by atoms with Crippen LogP contribution in [0.1, 0.15) is 15.9 Å². The van der Waals surface area contributed by atoms with Crippen LogP contribution in [0.3, 0.4) is 0 Å². The van der Waals surface area contributed by atoms with Crippen molar-refractivity contribution in [1.82, 2.24) is 0 Å². The molecule has 0 atom stereocenters. The molecule has 3 rings (SSSR count). The van der Waals surface area contributed by atoms with E-state index in [0.717, 1.165) is 5.56 Å². The molecule has 1 amide bonds. The number of hydrogen-bond acceptors (Lipinski definition) is 4. The van der Waals surface area contributed by atoms with Gasteiger partial charge >= 0.3 is 0 Å². The first-order chi connectivity index (χ1) is 14.4. The second kappa shape index (κ2) is 9.28. The van der Waals surface area contributed by atoms with Crippen LogP contribution in [-0.2, 0) is 10.0 Å². The first-order valence-electron chi connectivity index (χ1n) is 9.23. The molecule has 0 saturated carbocycles. The highest BCUT2D eigenvalue weighted by Crippen LogP contribution is 2.23. The number of benzene rings is 3. The highest BCUT2D eigenvalue weighted by atomic mass is 32.2. The molecule has 0 unspecified atom stereocenters. The Bertz CT molecular complexity index is 1160. The van der Waals surface area contributed by atoms with Crippen molar-refractivity contribution in [1.29, 1.82) is 0 Å². The highest BCUT2D eigenvalue weighted by Gasteiger charge is 2.18. The number of nitrogens with one attached hydrogen (secondary N) is 2. The van der Waals surface area contributed by atoms with E-state index >= 15 is 0 Å². The van der Waals surface area contributed by atoms with Gasteiger partial charge in [0.2, 0.25) is 0 Å². The number of carbonyl (C=O) groups excluding carboxylic acids is 1. The van der Waals surface area contributed by atoms with Crippen LogP contribution in [-0.4, -0.2) is 20.9 Å². The fourth-order valence-electron chi connectivity index (χ4n) is 2.71. The maximum absolute atomic E-state index is 12.8. The molecular weight excluding hydrogens is 400 g/mol. The lowest BCUT2D eigenvalue weighted by atomic mass is 10.1. The number of amides is 1. The zero-order valence-corrected chi connectivity index (χ0v) is 17.3. The van der Waals surface area contributed by atoms with Gasteiger partial charge in [0.25, 0.3) is 15.9 Å². The molecule has 3 aromatic rings. The third kappa shape index (κ3) is 5.27. The molecule has 7 heteroatoms. The summed E-state index contributed by atoms with van der Waals surface area (Å²) < 4.78 is 33.4. The average Bonchev–Trinajstić information content (AvgIpc) is 2.73. The minimum absolute atomic E-state index is 0.121. The molecule has 0 bridgehead atoms. The van der Waals surface area contributed by atoms with Crippen molar-refractivity contribution in [3.63, 3.8) is 0 Å². The van der Waals surface area contributed by atoms with Crippen LogP contribution in [0.2, 0.25) is 0 Å². The van der Waals surface area contributed by atoms with E-state index < -0.39 is 15.9 Å². The lowest BCUT2D eigenvalue weighted by Gasteiger charge is -2.13. The largest absolute Gasteiger partial charge is 0.489 e. The molecule has 0 aromatic heterocycles. The van der Waals surface area contributed by atoms with Gasteiger partial charge in [-0.05, 0) is 43.3 Å². The van der Waals surface area contributed by atoms with Gasteiger partial charge in [-0.3, -0.25) is 9.52 Å². The van der Waals surface area contributed by atoms with Crippen LogP contribution in [0.5, 0.6) is 5.75 Å². The molecule has 154 valence electrons. The quantitative estimate of drug-likeness (QED) is 0.519. The molecule has 0 fully saturated rings. The Kier molecular flexibility index (Phi) is 6.54. The number of rotatable bonds is 8. The van der Waals surface area contributed by atoms with E-state index in [4.69, 9.17) is 4.74 Å². The number of sulfonamides is 1. The Morgan fingerprint density at radius 2 is 1.77 bits per heavy atom. The number of aryl methyl sites for hydroxylation is 1. The monoisotopic (exact) mass is 422 g/mol. The molecule has 0 saturated heterocycles. The van der Waals surface area contributed by atoms with Gasteiger partial charge in [-0.25, -0.2) is 8.42 Å². The van der Waals surface area contributed by atoms with Gasteiger partial charge in [-0.2, -0.15) is 0 Å². The van der Waals surface area contributed by atoms with Crippen LogP contribution in [0, 0.1) is 6.92 Å². The summed E-state index contributed by atoms with van der Waals surface area (Å²) in [6.45, 7) is 5.82. The second-order valence-corrected chi connectivity index (χ2v) is 8.23. The maximum atomic E-state index is 12.8. The predicted molar refractivity (Wildman–Crippen MR) is 119 cm³/mol. The minimum atomic E-state index is -3.84. The topological polar surface area (TPSA) is 84.5 Å². The van der Waals surface area contributed by atoms with E-state index in [0.29, 0.717) is 18.0 Å². The molecule has 0 aliphatic rings. The van der Waals surface area contributed by atoms with Gasteiger partial charge in [0.1, 0.15) is 12.4 Å². The molecule has 6 nitrogen and oxygen atoms in total. The Morgan fingerprint density at radius 3 is 2.50 bits per heavy atom. The van der Waals surface area contributed by atoms with E-state index in [-0.39, 0.29) is 16.1 Å². The molecule has 30 heavy (non-hydrogen) atoms. The SMILES string of the molecule is C=CCOc1cccc(NC(=O)c2ccccc2NS(=O)(=O)c2ccc(C)cc2)c1. The van der Waals surface area contributed by atoms with Gasteiger partial charge in [-0.15, -0.1) is 0 Å². The minimum Gasteiger partial charge on any atom is -0.489 e. The molecular formula is C23H22N2O4S. The summed E-state index contributed by atoms with van der Waals surface area (Å²) in [5, 5.41) is 2.77. The van der Waals surface area contributed by atoms with Crippen molar-refractivity contribution in [3.05, 3.63) is 96.6 Å². The van der Waals surface area contributed by atoms with Gasteiger partial charge in [0, 0.05) is 11.8 Å². The normalized spacial score (nSPS) is 10.8. The van der Waals surface area contributed by atoms with E-state index in [2.05, 4.69) is 16.6 Å². The Labute approximate surface area is 176 Å². The highest BCUT2D eigenvalue weighted by molar-refractivity contribution is 7.92. The van der Waals surface area contributed by atoms with Crippen molar-refractivity contribution in [2.24, 2.45) is 0 Å². The molecule has 0 aliphatic heterocycles. The third-order valence-corrected chi connectivity index (χ3v) is 5.59. The summed E-state index contributed by atoms with van der Waals surface area (Å²) in [7, 11) is -3.84. The Hall–Kier alpha value is -3.58. The summed E-state index contributed by atoms with van der Waals surface area (Å²) >= 11 is 0. The van der Waals surface area contributed by atoms with Crippen molar-refractivity contribution in [2.75, 3.05) is 16.6 Å². The molecule has 2 N–H and O–H groups in total.